The van der Waals surface area contributed by atoms with Gasteiger partial charge in [0.1, 0.15) is 0 Å². The van der Waals surface area contributed by atoms with Crippen molar-refractivity contribution in [3.05, 3.63) is 65.4 Å². The summed E-state index contributed by atoms with van der Waals surface area (Å²) < 4.78 is 5.49. The first-order valence-corrected chi connectivity index (χ1v) is 10.5. The highest BCUT2D eigenvalue weighted by atomic mass is 16.5. The van der Waals surface area contributed by atoms with E-state index in [1.807, 2.05) is 43.3 Å². The molecule has 1 N–H and O–H groups in total. The van der Waals surface area contributed by atoms with Gasteiger partial charge in [0, 0.05) is 18.5 Å². The number of benzene rings is 2. The third-order valence-electron chi connectivity index (χ3n) is 6.04. The molecule has 0 bridgehead atoms. The van der Waals surface area contributed by atoms with Crippen LogP contribution in [0.4, 0.5) is 0 Å². The first-order chi connectivity index (χ1) is 14.5. The van der Waals surface area contributed by atoms with Crippen LogP contribution in [0.15, 0.2) is 48.5 Å². The molecule has 1 aliphatic rings. The maximum Gasteiger partial charge on any atom is 0.314 e. The second-order valence-electron chi connectivity index (χ2n) is 8.05. The van der Waals surface area contributed by atoms with Crippen LogP contribution in [0.5, 0.6) is 0 Å². The van der Waals surface area contributed by atoms with Crippen molar-refractivity contribution in [2.45, 2.75) is 33.1 Å². The lowest BCUT2D eigenvalue weighted by atomic mass is 9.74. The van der Waals surface area contributed by atoms with Crippen LogP contribution in [0.1, 0.15) is 41.4 Å². The van der Waals surface area contributed by atoms with Gasteiger partial charge in [0.15, 0.2) is 5.69 Å². The zero-order chi connectivity index (χ0) is 21.1. The molecule has 30 heavy (non-hydrogen) atoms. The molecule has 3 aromatic rings. The highest BCUT2D eigenvalue weighted by Crippen LogP contribution is 2.37. The van der Waals surface area contributed by atoms with Crippen molar-refractivity contribution < 1.29 is 14.3 Å². The summed E-state index contributed by atoms with van der Waals surface area (Å²) in [5.41, 5.74) is 2.74. The summed E-state index contributed by atoms with van der Waals surface area (Å²) in [6.07, 6.45) is 2.01. The van der Waals surface area contributed by atoms with E-state index in [1.165, 1.54) is 0 Å². The smallest absolute Gasteiger partial charge is 0.314 e. The lowest BCUT2D eigenvalue weighted by molar-refractivity contribution is -0.158. The van der Waals surface area contributed by atoms with Gasteiger partial charge in [-0.1, -0.05) is 42.5 Å². The number of piperidine rings is 1. The summed E-state index contributed by atoms with van der Waals surface area (Å²) >= 11 is 0. The lowest BCUT2D eigenvalue weighted by Gasteiger charge is -2.41. The number of aromatic amines is 1. The SMILES string of the molecule is CCOC(=O)[C@]1(Cc2ccccc2C)CCCN(C(=O)c2n[nH]c3ccccc23)C1. The number of para-hydroxylation sites is 1. The number of nitrogens with one attached hydrogen (secondary N) is 1. The molecule has 1 saturated heterocycles. The van der Waals surface area contributed by atoms with Crippen LogP contribution >= 0.6 is 0 Å². The van der Waals surface area contributed by atoms with E-state index < -0.39 is 5.41 Å². The number of carbonyl (C=O) groups excluding carboxylic acids is 2. The Morgan fingerprint density at radius 3 is 2.73 bits per heavy atom. The molecule has 4 rings (SSSR count). The number of fused-ring (bicyclic) bond motifs is 1. The Balaban J connectivity index is 1.65. The highest BCUT2D eigenvalue weighted by Gasteiger charge is 2.45. The molecule has 0 radical (unpaired) electrons. The third kappa shape index (κ3) is 3.70. The molecule has 156 valence electrons. The number of hydrogen-bond acceptors (Lipinski definition) is 4. The van der Waals surface area contributed by atoms with Gasteiger partial charge in [-0.25, -0.2) is 0 Å². The van der Waals surface area contributed by atoms with E-state index in [4.69, 9.17) is 4.74 Å². The van der Waals surface area contributed by atoms with Crippen molar-refractivity contribution in [1.82, 2.24) is 15.1 Å². The summed E-state index contributed by atoms with van der Waals surface area (Å²) in [7, 11) is 0. The quantitative estimate of drug-likeness (QED) is 0.653. The number of likely N-dealkylation sites (tertiary alicyclic amines) is 1. The maximum absolute atomic E-state index is 13.4. The fourth-order valence-corrected chi connectivity index (χ4v) is 4.42. The standard InChI is InChI=1S/C24H27N3O3/c1-3-30-23(29)24(15-18-10-5-4-9-17(18)2)13-8-14-27(16-24)22(28)21-19-11-6-7-12-20(19)25-26-21/h4-7,9-12H,3,8,13-16H2,1-2H3,(H,25,26)/t24-/m0/s1. The highest BCUT2D eigenvalue weighted by molar-refractivity contribution is 6.04. The number of aryl methyl sites for hydroxylation is 1. The Labute approximate surface area is 176 Å². The number of amides is 1. The second-order valence-corrected chi connectivity index (χ2v) is 8.05. The zero-order valence-corrected chi connectivity index (χ0v) is 17.5. The van der Waals surface area contributed by atoms with Gasteiger partial charge in [-0.3, -0.25) is 14.7 Å². The van der Waals surface area contributed by atoms with Crippen molar-refractivity contribution >= 4 is 22.8 Å². The summed E-state index contributed by atoms with van der Waals surface area (Å²) in [5.74, 6) is -0.372. The van der Waals surface area contributed by atoms with E-state index in [0.717, 1.165) is 28.5 Å². The molecule has 0 spiro atoms. The van der Waals surface area contributed by atoms with Gasteiger partial charge in [-0.15, -0.1) is 0 Å². The number of rotatable bonds is 5. The van der Waals surface area contributed by atoms with Gasteiger partial charge in [0.05, 0.1) is 17.5 Å². The molecule has 1 atom stereocenters. The molecule has 0 aliphatic carbocycles. The second kappa shape index (κ2) is 8.30. The van der Waals surface area contributed by atoms with Crippen LogP contribution in [-0.2, 0) is 16.0 Å². The number of aromatic nitrogens is 2. The molecule has 2 heterocycles. The Bertz CT molecular complexity index is 1070. The first kappa shape index (κ1) is 20.1. The predicted octanol–water partition coefficient (Wildman–Crippen LogP) is 3.90. The molecule has 1 fully saturated rings. The average molecular weight is 405 g/mol. The van der Waals surface area contributed by atoms with Crippen molar-refractivity contribution in [2.75, 3.05) is 19.7 Å². The normalized spacial score (nSPS) is 19.1. The van der Waals surface area contributed by atoms with Gasteiger partial charge >= 0.3 is 5.97 Å². The van der Waals surface area contributed by atoms with Crippen molar-refractivity contribution in [3.8, 4) is 0 Å². The molecule has 6 nitrogen and oxygen atoms in total. The van der Waals surface area contributed by atoms with Crippen LogP contribution in [0, 0.1) is 12.3 Å². The van der Waals surface area contributed by atoms with Gasteiger partial charge < -0.3 is 9.64 Å². The predicted molar refractivity (Wildman–Crippen MR) is 115 cm³/mol. The molecule has 1 aromatic heterocycles. The monoisotopic (exact) mass is 405 g/mol. The van der Waals surface area contributed by atoms with Gasteiger partial charge in [-0.05, 0) is 50.3 Å². The van der Waals surface area contributed by atoms with Gasteiger partial charge in [0.25, 0.3) is 5.91 Å². The number of esters is 1. The van der Waals surface area contributed by atoms with E-state index in [0.29, 0.717) is 38.2 Å². The summed E-state index contributed by atoms with van der Waals surface area (Å²) in [6.45, 7) is 5.14. The van der Waals surface area contributed by atoms with Crippen molar-refractivity contribution in [2.24, 2.45) is 5.41 Å². The fraction of sp³-hybridized carbons (Fsp3) is 0.375. The zero-order valence-electron chi connectivity index (χ0n) is 17.5. The molecule has 1 aliphatic heterocycles. The Hall–Kier alpha value is -3.15. The van der Waals surface area contributed by atoms with Gasteiger partial charge in [0.2, 0.25) is 0 Å². The maximum atomic E-state index is 13.4. The minimum Gasteiger partial charge on any atom is -0.466 e. The molecule has 2 aromatic carbocycles. The third-order valence-corrected chi connectivity index (χ3v) is 6.04. The largest absolute Gasteiger partial charge is 0.466 e. The topological polar surface area (TPSA) is 75.3 Å². The average Bonchev–Trinajstić information content (AvgIpc) is 3.19. The van der Waals surface area contributed by atoms with Crippen molar-refractivity contribution in [3.63, 3.8) is 0 Å². The number of H-pyrrole nitrogens is 1. The minimum atomic E-state index is -0.748. The number of nitrogens with zero attached hydrogens (tertiary/aromatic N) is 2. The van der Waals surface area contributed by atoms with Crippen LogP contribution in [-0.4, -0.2) is 46.7 Å². The number of hydrogen-bond donors (Lipinski definition) is 1. The van der Waals surface area contributed by atoms with E-state index in [2.05, 4.69) is 29.3 Å². The Morgan fingerprint density at radius 2 is 1.93 bits per heavy atom. The summed E-state index contributed by atoms with van der Waals surface area (Å²) in [6, 6.07) is 15.7. The number of carbonyl (C=O) groups is 2. The van der Waals surface area contributed by atoms with Crippen LogP contribution in [0.25, 0.3) is 10.9 Å². The minimum absolute atomic E-state index is 0.148. The molecule has 0 saturated carbocycles. The number of ether oxygens (including phenoxy) is 1. The fourth-order valence-electron chi connectivity index (χ4n) is 4.42. The molecular weight excluding hydrogens is 378 g/mol. The molecule has 0 unspecified atom stereocenters. The van der Waals surface area contributed by atoms with E-state index in [-0.39, 0.29) is 11.9 Å². The van der Waals surface area contributed by atoms with Crippen LogP contribution in [0.2, 0.25) is 0 Å². The molecule has 1 amide bonds. The van der Waals surface area contributed by atoms with E-state index in [9.17, 15) is 9.59 Å². The van der Waals surface area contributed by atoms with E-state index >= 15 is 0 Å². The molecular formula is C24H27N3O3. The Morgan fingerprint density at radius 1 is 1.17 bits per heavy atom. The first-order valence-electron chi connectivity index (χ1n) is 10.5. The van der Waals surface area contributed by atoms with Crippen LogP contribution in [0.3, 0.4) is 0 Å². The van der Waals surface area contributed by atoms with Crippen LogP contribution < -0.4 is 0 Å². The summed E-state index contributed by atoms with van der Waals surface area (Å²) in [5, 5.41) is 7.99. The Kier molecular flexibility index (Phi) is 5.57. The lowest BCUT2D eigenvalue weighted by Crippen LogP contribution is -2.51. The van der Waals surface area contributed by atoms with Gasteiger partial charge in [-0.2, -0.15) is 5.10 Å². The van der Waals surface area contributed by atoms with Crippen molar-refractivity contribution in [1.29, 1.82) is 0 Å². The van der Waals surface area contributed by atoms with E-state index in [1.54, 1.807) is 4.90 Å². The summed E-state index contributed by atoms with van der Waals surface area (Å²) in [4.78, 5) is 28.2. The molecule has 6 heteroatoms.